The molecule has 49 heavy (non-hydrogen) atoms. The van der Waals surface area contributed by atoms with Crippen molar-refractivity contribution in [3.8, 4) is 28.0 Å². The molecule has 0 aliphatic rings. The van der Waals surface area contributed by atoms with Crippen LogP contribution >= 0.6 is 0 Å². The fourth-order valence-corrected chi connectivity index (χ4v) is 6.48. The number of sulfonamides is 1. The lowest BCUT2D eigenvalue weighted by Gasteiger charge is -2.26. The van der Waals surface area contributed by atoms with Crippen LogP contribution in [0.4, 0.5) is 5.69 Å². The fourth-order valence-electron chi connectivity index (χ4n) is 5.36. The quantitative estimate of drug-likeness (QED) is 0.154. The van der Waals surface area contributed by atoms with E-state index >= 15 is 0 Å². The number of nitrogens with zero attached hydrogens (tertiary/aromatic N) is 2. The molecule has 0 radical (unpaired) electrons. The SMILES string of the molecule is COC(=O)c1cccc(-c2ccc(CN(C(=O)CN(C)S(=O)(=O)c3ccc(C)cc3)c3ccc(C(=O)O)c(O)c3)cc2-c2ccccc2)c1. The molecule has 2 N–H and O–H groups in total. The summed E-state index contributed by atoms with van der Waals surface area (Å²) in [5.74, 6) is -2.98. The van der Waals surface area contributed by atoms with Gasteiger partial charge in [0, 0.05) is 18.8 Å². The number of carboxylic acid groups (broad SMARTS) is 1. The number of phenols is 1. The summed E-state index contributed by atoms with van der Waals surface area (Å²) in [5, 5.41) is 20.0. The predicted molar refractivity (Wildman–Crippen MR) is 186 cm³/mol. The first-order valence-corrected chi connectivity index (χ1v) is 16.6. The highest BCUT2D eigenvalue weighted by molar-refractivity contribution is 7.89. The van der Waals surface area contributed by atoms with Gasteiger partial charge in [-0.1, -0.05) is 72.3 Å². The van der Waals surface area contributed by atoms with Crippen molar-refractivity contribution in [2.75, 3.05) is 25.6 Å². The van der Waals surface area contributed by atoms with E-state index in [1.165, 1.54) is 49.4 Å². The van der Waals surface area contributed by atoms with E-state index in [1.54, 1.807) is 30.3 Å². The van der Waals surface area contributed by atoms with Gasteiger partial charge in [-0.25, -0.2) is 18.0 Å². The van der Waals surface area contributed by atoms with Gasteiger partial charge in [0.2, 0.25) is 15.9 Å². The number of amides is 1. The number of carbonyl (C=O) groups is 3. The summed E-state index contributed by atoms with van der Waals surface area (Å²) in [6.07, 6.45) is 0. The third-order valence-corrected chi connectivity index (χ3v) is 9.83. The van der Waals surface area contributed by atoms with Crippen molar-refractivity contribution < 1.29 is 37.8 Å². The molecule has 250 valence electrons. The maximum atomic E-state index is 14.0. The number of likely N-dealkylation sites (N-methyl/N-ethyl adjacent to an activating group) is 1. The van der Waals surface area contributed by atoms with Gasteiger partial charge in [-0.3, -0.25) is 4.79 Å². The number of aryl methyl sites for hydroxylation is 1. The van der Waals surface area contributed by atoms with Gasteiger partial charge in [0.25, 0.3) is 0 Å². The van der Waals surface area contributed by atoms with Crippen LogP contribution in [0.5, 0.6) is 5.75 Å². The Kier molecular flexibility index (Phi) is 10.3. The van der Waals surface area contributed by atoms with Crippen molar-refractivity contribution >= 4 is 33.6 Å². The number of methoxy groups -OCH3 is 1. The Balaban J connectivity index is 1.56. The average molecular weight is 679 g/mol. The summed E-state index contributed by atoms with van der Waals surface area (Å²) in [5.41, 5.74) is 4.99. The Hall–Kier alpha value is -5.78. The monoisotopic (exact) mass is 678 g/mol. The molecule has 0 aliphatic carbocycles. The van der Waals surface area contributed by atoms with Gasteiger partial charge in [0.15, 0.2) is 0 Å². The van der Waals surface area contributed by atoms with E-state index in [1.807, 2.05) is 61.5 Å². The topological polar surface area (TPSA) is 142 Å². The Morgan fingerprint density at radius 3 is 2.12 bits per heavy atom. The minimum atomic E-state index is -4.03. The fraction of sp³-hybridized carbons (Fsp3) is 0.132. The van der Waals surface area contributed by atoms with Crippen LogP contribution in [0, 0.1) is 6.92 Å². The molecule has 0 saturated carbocycles. The van der Waals surface area contributed by atoms with Crippen LogP contribution in [0.1, 0.15) is 31.8 Å². The molecule has 0 spiro atoms. The maximum absolute atomic E-state index is 14.0. The third-order valence-electron chi connectivity index (χ3n) is 8.02. The van der Waals surface area contributed by atoms with Gasteiger partial charge in [-0.05, 0) is 77.2 Å². The Morgan fingerprint density at radius 1 is 0.776 bits per heavy atom. The van der Waals surface area contributed by atoms with E-state index in [4.69, 9.17) is 4.74 Å². The van der Waals surface area contributed by atoms with Gasteiger partial charge < -0.3 is 19.8 Å². The number of anilines is 1. The van der Waals surface area contributed by atoms with Crippen molar-refractivity contribution in [3.05, 3.63) is 138 Å². The van der Waals surface area contributed by atoms with E-state index in [0.29, 0.717) is 11.1 Å². The summed E-state index contributed by atoms with van der Waals surface area (Å²) >= 11 is 0. The Bertz CT molecular complexity index is 2130. The second kappa shape index (κ2) is 14.5. The second-order valence-electron chi connectivity index (χ2n) is 11.4. The zero-order chi connectivity index (χ0) is 35.3. The normalized spacial score (nSPS) is 11.3. The standard InChI is InChI=1S/C38H34N2O8S/c1-25-12-16-31(17-13-25)49(46,47)39(2)24-36(42)40(30-15-19-33(37(43)44)35(41)22-30)23-26-14-18-32(34(20-26)27-8-5-4-6-9-27)28-10-7-11-29(21-28)38(45)48-3/h4-22,41H,23-24H2,1-3H3,(H,43,44). The molecular weight excluding hydrogens is 644 g/mol. The van der Waals surface area contributed by atoms with Crippen molar-refractivity contribution in [1.82, 2.24) is 4.31 Å². The number of esters is 1. The van der Waals surface area contributed by atoms with E-state index < -0.39 is 40.2 Å². The summed E-state index contributed by atoms with van der Waals surface area (Å²) in [7, 11) is -1.41. The van der Waals surface area contributed by atoms with E-state index in [0.717, 1.165) is 32.1 Å². The molecule has 0 bridgehead atoms. The first kappa shape index (κ1) is 34.6. The van der Waals surface area contributed by atoms with Gasteiger partial charge >= 0.3 is 11.9 Å². The van der Waals surface area contributed by atoms with E-state index in [2.05, 4.69) is 0 Å². The predicted octanol–water partition coefficient (Wildman–Crippen LogP) is 6.37. The van der Waals surface area contributed by atoms with Gasteiger partial charge in [0.05, 0.1) is 30.7 Å². The van der Waals surface area contributed by atoms with Crippen molar-refractivity contribution in [2.24, 2.45) is 0 Å². The zero-order valence-corrected chi connectivity index (χ0v) is 27.8. The lowest BCUT2D eigenvalue weighted by atomic mass is 9.92. The molecule has 0 heterocycles. The molecule has 0 atom stereocenters. The third kappa shape index (κ3) is 7.69. The number of carboxylic acids is 1. The number of hydrogen-bond acceptors (Lipinski definition) is 7. The Labute approximate surface area is 284 Å². The second-order valence-corrected chi connectivity index (χ2v) is 13.4. The number of aromatic carboxylic acids is 1. The van der Waals surface area contributed by atoms with Gasteiger partial charge in [-0.2, -0.15) is 4.31 Å². The van der Waals surface area contributed by atoms with E-state index in [9.17, 15) is 33.0 Å². The lowest BCUT2D eigenvalue weighted by molar-refractivity contribution is -0.118. The number of aromatic hydroxyl groups is 1. The molecule has 1 amide bonds. The molecule has 0 saturated heterocycles. The van der Waals surface area contributed by atoms with Crippen LogP contribution in [-0.2, 0) is 26.1 Å². The van der Waals surface area contributed by atoms with Crippen LogP contribution < -0.4 is 4.90 Å². The van der Waals surface area contributed by atoms with Crippen LogP contribution in [0.3, 0.4) is 0 Å². The van der Waals surface area contributed by atoms with Crippen LogP contribution in [0.15, 0.2) is 120 Å². The highest BCUT2D eigenvalue weighted by atomic mass is 32.2. The molecule has 0 unspecified atom stereocenters. The minimum absolute atomic E-state index is 0.0303. The molecule has 5 aromatic carbocycles. The van der Waals surface area contributed by atoms with Crippen LogP contribution in [0.2, 0.25) is 0 Å². The van der Waals surface area contributed by atoms with Crippen molar-refractivity contribution in [1.29, 1.82) is 0 Å². The largest absolute Gasteiger partial charge is 0.507 e. The van der Waals surface area contributed by atoms with Crippen LogP contribution in [-0.4, -0.2) is 61.5 Å². The molecule has 10 nitrogen and oxygen atoms in total. The summed E-state index contributed by atoms with van der Waals surface area (Å²) in [4.78, 5) is 39.2. The highest BCUT2D eigenvalue weighted by Gasteiger charge is 2.27. The van der Waals surface area contributed by atoms with Crippen molar-refractivity contribution in [2.45, 2.75) is 18.4 Å². The van der Waals surface area contributed by atoms with Gasteiger partial charge in [0.1, 0.15) is 11.3 Å². The molecule has 5 aromatic rings. The van der Waals surface area contributed by atoms with E-state index in [-0.39, 0.29) is 22.7 Å². The maximum Gasteiger partial charge on any atom is 0.339 e. The number of hydrogen-bond donors (Lipinski definition) is 2. The number of ether oxygens (including phenoxy) is 1. The molecule has 0 fully saturated rings. The van der Waals surface area contributed by atoms with Crippen LogP contribution in [0.25, 0.3) is 22.3 Å². The smallest absolute Gasteiger partial charge is 0.339 e. The average Bonchev–Trinajstić information content (AvgIpc) is 3.10. The molecule has 11 heteroatoms. The molecule has 0 aliphatic heterocycles. The number of carbonyl (C=O) groups excluding carboxylic acids is 2. The van der Waals surface area contributed by atoms with Gasteiger partial charge in [-0.15, -0.1) is 0 Å². The highest BCUT2D eigenvalue weighted by Crippen LogP contribution is 2.35. The summed E-state index contributed by atoms with van der Waals surface area (Å²) < 4.78 is 32.6. The first-order chi connectivity index (χ1) is 23.4. The van der Waals surface area contributed by atoms with Crippen molar-refractivity contribution in [3.63, 3.8) is 0 Å². The first-order valence-electron chi connectivity index (χ1n) is 15.2. The molecule has 5 rings (SSSR count). The number of benzene rings is 5. The zero-order valence-electron chi connectivity index (χ0n) is 27.0. The molecule has 0 aromatic heterocycles. The minimum Gasteiger partial charge on any atom is -0.507 e. The lowest BCUT2D eigenvalue weighted by Crippen LogP contribution is -2.41. The summed E-state index contributed by atoms with van der Waals surface area (Å²) in [6, 6.07) is 32.2. The summed E-state index contributed by atoms with van der Waals surface area (Å²) in [6.45, 7) is 1.24. The number of rotatable bonds is 11. The molecular formula is C38H34N2O8S. The Morgan fingerprint density at radius 2 is 1.47 bits per heavy atom.